The van der Waals surface area contributed by atoms with E-state index in [1.54, 1.807) is 12.5 Å². The third-order valence-corrected chi connectivity index (χ3v) is 4.04. The van der Waals surface area contributed by atoms with Crippen molar-refractivity contribution in [1.29, 1.82) is 0 Å². The molecule has 21 heavy (non-hydrogen) atoms. The highest BCUT2D eigenvalue weighted by atomic mass is 79.9. The molecule has 0 saturated heterocycles. The van der Waals surface area contributed by atoms with Gasteiger partial charge >= 0.3 is 0 Å². The molecular weight excluding hydrogens is 332 g/mol. The lowest BCUT2D eigenvalue weighted by Gasteiger charge is -2.19. The van der Waals surface area contributed by atoms with Crippen LogP contribution < -0.4 is 4.90 Å². The van der Waals surface area contributed by atoms with Crippen molar-refractivity contribution < 1.29 is 4.52 Å². The van der Waals surface area contributed by atoms with Crippen LogP contribution in [-0.2, 0) is 13.0 Å². The monoisotopic (exact) mass is 346 g/mol. The predicted molar refractivity (Wildman–Crippen MR) is 85.2 cm³/mol. The van der Waals surface area contributed by atoms with E-state index in [0.717, 1.165) is 38.9 Å². The average Bonchev–Trinajstić information content (AvgIpc) is 2.95. The van der Waals surface area contributed by atoms with Gasteiger partial charge in [-0.2, -0.15) is 0 Å². The Bertz CT molecular complexity index is 771. The quantitative estimate of drug-likeness (QED) is 0.722. The van der Waals surface area contributed by atoms with Gasteiger partial charge < -0.3 is 9.42 Å². The fourth-order valence-electron chi connectivity index (χ4n) is 2.33. The van der Waals surface area contributed by atoms with E-state index in [9.17, 15) is 0 Å². The molecule has 0 aromatic carbocycles. The summed E-state index contributed by atoms with van der Waals surface area (Å²) in [6.45, 7) is 2.75. The van der Waals surface area contributed by atoms with Crippen LogP contribution in [0.3, 0.4) is 0 Å². The third kappa shape index (κ3) is 2.63. The average molecular weight is 347 g/mol. The van der Waals surface area contributed by atoms with Crippen LogP contribution in [0.2, 0.25) is 0 Å². The Balaban J connectivity index is 1.99. The zero-order valence-electron chi connectivity index (χ0n) is 11.9. The number of halogens is 1. The Morgan fingerprint density at radius 1 is 1.33 bits per heavy atom. The lowest BCUT2D eigenvalue weighted by Crippen LogP contribution is -2.18. The summed E-state index contributed by atoms with van der Waals surface area (Å²) in [6.07, 6.45) is 6.14. The summed E-state index contributed by atoms with van der Waals surface area (Å²) < 4.78 is 6.01. The fraction of sp³-hybridized carbons (Fsp3) is 0.267. The maximum atomic E-state index is 5.06. The summed E-state index contributed by atoms with van der Waals surface area (Å²) in [5.74, 6) is 0.844. The van der Waals surface area contributed by atoms with Gasteiger partial charge in [0.25, 0.3) is 0 Å². The summed E-state index contributed by atoms with van der Waals surface area (Å²) in [5, 5.41) is 5.06. The van der Waals surface area contributed by atoms with Crippen molar-refractivity contribution in [2.45, 2.75) is 19.9 Å². The Morgan fingerprint density at radius 3 is 3.00 bits per heavy atom. The van der Waals surface area contributed by atoms with Gasteiger partial charge in [-0.05, 0) is 34.5 Å². The Labute approximate surface area is 131 Å². The van der Waals surface area contributed by atoms with Gasteiger partial charge in [-0.3, -0.25) is 4.98 Å². The van der Waals surface area contributed by atoms with Crippen LogP contribution in [0, 0.1) is 0 Å². The Kier molecular flexibility index (Phi) is 3.88. The molecule has 0 N–H and O–H groups in total. The summed E-state index contributed by atoms with van der Waals surface area (Å²) in [7, 11) is 2.00. The largest absolute Gasteiger partial charge is 0.364 e. The van der Waals surface area contributed by atoms with Crippen molar-refractivity contribution in [3.05, 3.63) is 46.5 Å². The molecule has 0 bridgehead atoms. The molecule has 3 rings (SSSR count). The lowest BCUT2D eigenvalue weighted by atomic mass is 10.2. The zero-order chi connectivity index (χ0) is 14.8. The standard InChI is InChI=1S/C15H15BrN4O/c1-3-13-10(9-21-19-13)8-20(2)15-14-11(5-4-6-17-14)12(16)7-18-15/h4-7,9H,3,8H2,1-2H3. The summed E-state index contributed by atoms with van der Waals surface area (Å²) >= 11 is 3.52. The number of fused-ring (bicyclic) bond motifs is 1. The van der Waals surface area contributed by atoms with E-state index >= 15 is 0 Å². The van der Waals surface area contributed by atoms with Gasteiger partial charge in [0, 0.05) is 41.4 Å². The summed E-state index contributed by atoms with van der Waals surface area (Å²) in [6, 6.07) is 3.95. The van der Waals surface area contributed by atoms with Crippen LogP contribution in [0.1, 0.15) is 18.2 Å². The second-order valence-electron chi connectivity index (χ2n) is 4.83. The summed E-state index contributed by atoms with van der Waals surface area (Å²) in [4.78, 5) is 11.0. The molecule has 0 fully saturated rings. The van der Waals surface area contributed by atoms with Gasteiger partial charge in [-0.15, -0.1) is 0 Å². The number of pyridine rings is 2. The van der Waals surface area contributed by atoms with Crippen molar-refractivity contribution in [1.82, 2.24) is 15.1 Å². The van der Waals surface area contributed by atoms with Crippen molar-refractivity contribution in [2.75, 3.05) is 11.9 Å². The molecule has 0 amide bonds. The summed E-state index contributed by atoms with van der Waals surface area (Å²) in [5.41, 5.74) is 2.94. The van der Waals surface area contributed by atoms with E-state index < -0.39 is 0 Å². The minimum atomic E-state index is 0.687. The minimum absolute atomic E-state index is 0.687. The van der Waals surface area contributed by atoms with E-state index in [0.29, 0.717) is 6.54 Å². The Morgan fingerprint density at radius 2 is 2.19 bits per heavy atom. The molecular formula is C15H15BrN4O. The molecule has 3 aromatic heterocycles. The first-order chi connectivity index (χ1) is 10.2. The highest BCUT2D eigenvalue weighted by Crippen LogP contribution is 2.28. The van der Waals surface area contributed by atoms with Crippen LogP contribution in [0.5, 0.6) is 0 Å². The lowest BCUT2D eigenvalue weighted by molar-refractivity contribution is 0.412. The highest BCUT2D eigenvalue weighted by Gasteiger charge is 2.14. The number of rotatable bonds is 4. The predicted octanol–water partition coefficient (Wildman–Crippen LogP) is 3.58. The van der Waals surface area contributed by atoms with Crippen molar-refractivity contribution in [3.63, 3.8) is 0 Å². The van der Waals surface area contributed by atoms with Crippen LogP contribution in [-0.4, -0.2) is 22.2 Å². The van der Waals surface area contributed by atoms with Crippen molar-refractivity contribution in [2.24, 2.45) is 0 Å². The fourth-order valence-corrected chi connectivity index (χ4v) is 2.76. The molecule has 108 valence electrons. The molecule has 0 atom stereocenters. The molecule has 0 aliphatic rings. The number of aromatic nitrogens is 3. The molecule has 5 nitrogen and oxygen atoms in total. The van der Waals surface area contributed by atoms with Gasteiger partial charge in [-0.25, -0.2) is 4.98 Å². The number of aryl methyl sites for hydroxylation is 1. The molecule has 0 radical (unpaired) electrons. The number of hydrogen-bond donors (Lipinski definition) is 0. The minimum Gasteiger partial charge on any atom is -0.364 e. The van der Waals surface area contributed by atoms with E-state index in [1.807, 2.05) is 25.4 Å². The molecule has 0 unspecified atom stereocenters. The van der Waals surface area contributed by atoms with Gasteiger partial charge in [0.05, 0.1) is 5.69 Å². The maximum absolute atomic E-state index is 5.06. The molecule has 6 heteroatoms. The van der Waals surface area contributed by atoms with Crippen molar-refractivity contribution >= 4 is 32.7 Å². The molecule has 3 aromatic rings. The first-order valence-electron chi connectivity index (χ1n) is 6.73. The van der Waals surface area contributed by atoms with Crippen LogP contribution in [0.4, 0.5) is 5.82 Å². The Hall–Kier alpha value is -1.95. The molecule has 0 saturated carbocycles. The molecule has 0 aliphatic heterocycles. The van der Waals surface area contributed by atoms with E-state index in [-0.39, 0.29) is 0 Å². The van der Waals surface area contributed by atoms with E-state index in [2.05, 4.69) is 42.9 Å². The second kappa shape index (κ2) is 5.81. The van der Waals surface area contributed by atoms with E-state index in [4.69, 9.17) is 4.52 Å². The van der Waals surface area contributed by atoms with Crippen molar-refractivity contribution in [3.8, 4) is 0 Å². The van der Waals surface area contributed by atoms with Gasteiger partial charge in [0.2, 0.25) is 0 Å². The number of hydrogen-bond acceptors (Lipinski definition) is 5. The SMILES string of the molecule is CCc1nocc1CN(C)c1ncc(Br)c2cccnc12. The van der Waals surface area contributed by atoms with Crippen LogP contribution >= 0.6 is 15.9 Å². The smallest absolute Gasteiger partial charge is 0.155 e. The van der Waals surface area contributed by atoms with Crippen LogP contribution in [0.25, 0.3) is 10.9 Å². The topological polar surface area (TPSA) is 55.1 Å². The van der Waals surface area contributed by atoms with Gasteiger partial charge in [-0.1, -0.05) is 12.1 Å². The molecule has 0 aliphatic carbocycles. The number of anilines is 1. The molecule has 0 spiro atoms. The normalized spacial score (nSPS) is 11.0. The zero-order valence-corrected chi connectivity index (χ0v) is 13.5. The second-order valence-corrected chi connectivity index (χ2v) is 5.68. The maximum Gasteiger partial charge on any atom is 0.155 e. The molecule has 3 heterocycles. The van der Waals surface area contributed by atoms with Gasteiger partial charge in [0.15, 0.2) is 5.82 Å². The number of nitrogens with zero attached hydrogens (tertiary/aromatic N) is 4. The van der Waals surface area contributed by atoms with Crippen LogP contribution in [0.15, 0.2) is 39.8 Å². The third-order valence-electron chi connectivity index (χ3n) is 3.41. The first-order valence-corrected chi connectivity index (χ1v) is 7.52. The van der Waals surface area contributed by atoms with E-state index in [1.165, 1.54) is 0 Å². The highest BCUT2D eigenvalue weighted by molar-refractivity contribution is 9.10. The first kappa shape index (κ1) is 14.0. The van der Waals surface area contributed by atoms with Gasteiger partial charge in [0.1, 0.15) is 11.8 Å².